The lowest BCUT2D eigenvalue weighted by Gasteiger charge is -2.03. The fraction of sp³-hybridized carbons (Fsp3) is 0.200. The van der Waals surface area contributed by atoms with E-state index in [0.29, 0.717) is 0 Å². The van der Waals surface area contributed by atoms with Crippen LogP contribution in [0.5, 0.6) is 0 Å². The monoisotopic (exact) mass is 161 g/mol. The zero-order valence-corrected chi connectivity index (χ0v) is 6.95. The first-order valence-electron chi connectivity index (χ1n) is 4.00. The molecule has 2 N–H and O–H groups in total. The van der Waals surface area contributed by atoms with Crippen molar-refractivity contribution in [1.82, 2.24) is 0 Å². The zero-order chi connectivity index (χ0) is 8.55. The third-order valence-electron chi connectivity index (χ3n) is 2.00. The highest BCUT2D eigenvalue weighted by molar-refractivity contribution is 5.77. The fourth-order valence-electron chi connectivity index (χ4n) is 1.27. The second-order valence-electron chi connectivity index (χ2n) is 3.01. The maximum atomic E-state index is 5.74. The van der Waals surface area contributed by atoms with E-state index in [9.17, 15) is 0 Å². The second kappa shape index (κ2) is 2.64. The van der Waals surface area contributed by atoms with E-state index in [1.54, 1.807) is 6.26 Å². The third kappa shape index (κ3) is 1.10. The standard InChI is InChI=1S/C10H11NO/c1-7(11)8-2-3-10-9(6-8)4-5-12-10/h2-7H,11H2,1H3. The smallest absolute Gasteiger partial charge is 0.133 e. The van der Waals surface area contributed by atoms with E-state index in [-0.39, 0.29) is 6.04 Å². The van der Waals surface area contributed by atoms with Gasteiger partial charge < -0.3 is 10.2 Å². The summed E-state index contributed by atoms with van der Waals surface area (Å²) < 4.78 is 5.21. The average molecular weight is 161 g/mol. The second-order valence-corrected chi connectivity index (χ2v) is 3.01. The Morgan fingerprint density at radius 3 is 2.92 bits per heavy atom. The average Bonchev–Trinajstić information content (AvgIpc) is 2.49. The van der Waals surface area contributed by atoms with Gasteiger partial charge in [0.25, 0.3) is 0 Å². The van der Waals surface area contributed by atoms with Crippen LogP contribution in [0.4, 0.5) is 0 Å². The van der Waals surface area contributed by atoms with Crippen molar-refractivity contribution in [1.29, 1.82) is 0 Å². The molecule has 1 aromatic heterocycles. The molecule has 0 spiro atoms. The Labute approximate surface area is 71.0 Å². The first-order chi connectivity index (χ1) is 5.77. The highest BCUT2D eigenvalue weighted by Gasteiger charge is 2.01. The molecule has 2 nitrogen and oxygen atoms in total. The number of fused-ring (bicyclic) bond motifs is 1. The Bertz CT molecular complexity index is 389. The molecule has 0 aliphatic rings. The van der Waals surface area contributed by atoms with Crippen molar-refractivity contribution in [2.24, 2.45) is 5.73 Å². The van der Waals surface area contributed by atoms with E-state index < -0.39 is 0 Å². The lowest BCUT2D eigenvalue weighted by Crippen LogP contribution is -2.03. The zero-order valence-electron chi connectivity index (χ0n) is 6.95. The van der Waals surface area contributed by atoms with Crippen molar-refractivity contribution in [3.63, 3.8) is 0 Å². The van der Waals surface area contributed by atoms with Gasteiger partial charge in [-0.15, -0.1) is 0 Å². The Kier molecular flexibility index (Phi) is 1.62. The van der Waals surface area contributed by atoms with E-state index in [0.717, 1.165) is 16.5 Å². The molecule has 0 aliphatic carbocycles. The van der Waals surface area contributed by atoms with Crippen LogP contribution >= 0.6 is 0 Å². The molecule has 12 heavy (non-hydrogen) atoms. The van der Waals surface area contributed by atoms with E-state index in [2.05, 4.69) is 6.07 Å². The Balaban J connectivity index is 2.60. The number of hydrogen-bond acceptors (Lipinski definition) is 2. The molecule has 62 valence electrons. The summed E-state index contributed by atoms with van der Waals surface area (Å²) in [6, 6.07) is 8.04. The van der Waals surface area contributed by atoms with Crippen molar-refractivity contribution < 1.29 is 4.42 Å². The lowest BCUT2D eigenvalue weighted by atomic mass is 10.1. The first-order valence-corrected chi connectivity index (χ1v) is 4.00. The lowest BCUT2D eigenvalue weighted by molar-refractivity contribution is 0.615. The molecule has 2 heteroatoms. The van der Waals surface area contributed by atoms with Gasteiger partial charge in [-0.05, 0) is 30.7 Å². The summed E-state index contributed by atoms with van der Waals surface area (Å²) >= 11 is 0. The number of nitrogens with two attached hydrogens (primary N) is 1. The normalized spacial score (nSPS) is 13.5. The van der Waals surface area contributed by atoms with Gasteiger partial charge in [0.05, 0.1) is 6.26 Å². The van der Waals surface area contributed by atoms with Gasteiger partial charge in [-0.1, -0.05) is 6.07 Å². The molecule has 2 rings (SSSR count). The number of rotatable bonds is 1. The van der Waals surface area contributed by atoms with Crippen LogP contribution in [0, 0.1) is 0 Å². The highest BCUT2D eigenvalue weighted by atomic mass is 16.3. The fourth-order valence-corrected chi connectivity index (χ4v) is 1.27. The molecular weight excluding hydrogens is 150 g/mol. The molecule has 0 saturated heterocycles. The van der Waals surface area contributed by atoms with Crippen LogP contribution in [0.25, 0.3) is 11.0 Å². The molecule has 1 atom stereocenters. The quantitative estimate of drug-likeness (QED) is 0.697. The molecule has 0 radical (unpaired) electrons. The van der Waals surface area contributed by atoms with Gasteiger partial charge in [-0.3, -0.25) is 0 Å². The van der Waals surface area contributed by atoms with Crippen LogP contribution in [0.1, 0.15) is 18.5 Å². The summed E-state index contributed by atoms with van der Waals surface area (Å²) in [5.41, 5.74) is 7.80. The summed E-state index contributed by atoms with van der Waals surface area (Å²) in [6.07, 6.45) is 1.69. The predicted octanol–water partition coefficient (Wildman–Crippen LogP) is 2.45. The van der Waals surface area contributed by atoms with Crippen LogP contribution in [0.3, 0.4) is 0 Å². The summed E-state index contributed by atoms with van der Waals surface area (Å²) in [7, 11) is 0. The third-order valence-corrected chi connectivity index (χ3v) is 2.00. The Morgan fingerprint density at radius 2 is 2.17 bits per heavy atom. The van der Waals surface area contributed by atoms with Crippen LogP contribution in [0.15, 0.2) is 34.9 Å². The van der Waals surface area contributed by atoms with E-state index >= 15 is 0 Å². The topological polar surface area (TPSA) is 39.2 Å². The van der Waals surface area contributed by atoms with Crippen LogP contribution < -0.4 is 5.73 Å². The van der Waals surface area contributed by atoms with Gasteiger partial charge in [0.15, 0.2) is 0 Å². The van der Waals surface area contributed by atoms with E-state index in [1.807, 2.05) is 25.1 Å². The first kappa shape index (κ1) is 7.37. The molecule has 1 unspecified atom stereocenters. The van der Waals surface area contributed by atoms with Gasteiger partial charge >= 0.3 is 0 Å². The maximum absolute atomic E-state index is 5.74. The largest absolute Gasteiger partial charge is 0.464 e. The SMILES string of the molecule is CC(N)c1ccc2occc2c1. The van der Waals surface area contributed by atoms with Crippen molar-refractivity contribution in [2.45, 2.75) is 13.0 Å². The van der Waals surface area contributed by atoms with Gasteiger partial charge in [0.2, 0.25) is 0 Å². The molecule has 1 aromatic carbocycles. The molecular formula is C10H11NO. The number of furan rings is 1. The summed E-state index contributed by atoms with van der Waals surface area (Å²) in [5.74, 6) is 0. The summed E-state index contributed by atoms with van der Waals surface area (Å²) in [5, 5.41) is 1.12. The summed E-state index contributed by atoms with van der Waals surface area (Å²) in [4.78, 5) is 0. The Hall–Kier alpha value is -1.28. The highest BCUT2D eigenvalue weighted by Crippen LogP contribution is 2.19. The molecule has 0 aliphatic heterocycles. The molecule has 0 amide bonds. The van der Waals surface area contributed by atoms with Gasteiger partial charge in [-0.25, -0.2) is 0 Å². The van der Waals surface area contributed by atoms with Crippen molar-refractivity contribution >= 4 is 11.0 Å². The molecule has 0 saturated carbocycles. The van der Waals surface area contributed by atoms with Gasteiger partial charge in [0, 0.05) is 11.4 Å². The molecule has 1 heterocycles. The molecule has 2 aromatic rings. The Morgan fingerprint density at radius 1 is 1.33 bits per heavy atom. The van der Waals surface area contributed by atoms with E-state index in [1.165, 1.54) is 0 Å². The minimum atomic E-state index is 0.0873. The van der Waals surface area contributed by atoms with Crippen LogP contribution in [-0.4, -0.2) is 0 Å². The maximum Gasteiger partial charge on any atom is 0.133 e. The van der Waals surface area contributed by atoms with Crippen molar-refractivity contribution in [2.75, 3.05) is 0 Å². The molecule has 0 fully saturated rings. The minimum absolute atomic E-state index is 0.0873. The van der Waals surface area contributed by atoms with Crippen molar-refractivity contribution in [3.8, 4) is 0 Å². The predicted molar refractivity (Wildman–Crippen MR) is 48.8 cm³/mol. The molecule has 0 bridgehead atoms. The van der Waals surface area contributed by atoms with E-state index in [4.69, 9.17) is 10.2 Å². The van der Waals surface area contributed by atoms with Gasteiger partial charge in [-0.2, -0.15) is 0 Å². The van der Waals surface area contributed by atoms with Gasteiger partial charge in [0.1, 0.15) is 5.58 Å². The number of hydrogen-bond donors (Lipinski definition) is 1. The summed E-state index contributed by atoms with van der Waals surface area (Å²) in [6.45, 7) is 1.97. The van der Waals surface area contributed by atoms with Crippen LogP contribution in [0.2, 0.25) is 0 Å². The number of benzene rings is 1. The minimum Gasteiger partial charge on any atom is -0.464 e. The van der Waals surface area contributed by atoms with Crippen molar-refractivity contribution in [3.05, 3.63) is 36.1 Å². The van der Waals surface area contributed by atoms with Crippen LogP contribution in [-0.2, 0) is 0 Å².